The number of carbonyl (C=O) groups excluding carboxylic acids is 1. The van der Waals surface area contributed by atoms with Crippen LogP contribution < -0.4 is 0 Å². The van der Waals surface area contributed by atoms with E-state index in [9.17, 15) is 4.79 Å². The van der Waals surface area contributed by atoms with Gasteiger partial charge < -0.3 is 4.79 Å². The third-order valence-corrected chi connectivity index (χ3v) is 3.11. The van der Waals surface area contributed by atoms with Crippen LogP contribution in [0.1, 0.15) is 84.0 Å². The van der Waals surface area contributed by atoms with Gasteiger partial charge in [-0.05, 0) is 25.7 Å². The molecule has 0 saturated heterocycles. The molecule has 1 heteroatoms. The molecule has 0 aromatic rings. The number of allylic oxidation sites excluding steroid dienone is 2. The third-order valence-electron chi connectivity index (χ3n) is 3.11. The number of hydrogen-bond donors (Lipinski definition) is 0. The molecule has 0 aliphatic carbocycles. The predicted octanol–water partition coefficient (Wildman–Crippen LogP) is 5.45. The Morgan fingerprint density at radius 3 is 2.32 bits per heavy atom. The van der Waals surface area contributed by atoms with E-state index in [4.69, 9.17) is 0 Å². The van der Waals surface area contributed by atoms with E-state index >= 15 is 0 Å². The molecular weight excluding hydrogens is 232 g/mol. The summed E-state index contributed by atoms with van der Waals surface area (Å²) in [5, 5.41) is 0. The van der Waals surface area contributed by atoms with Gasteiger partial charge in [0.2, 0.25) is 0 Å². The normalized spacial score (nSPS) is 10.4. The van der Waals surface area contributed by atoms with Gasteiger partial charge in [0, 0.05) is 19.3 Å². The summed E-state index contributed by atoms with van der Waals surface area (Å²) in [4.78, 5) is 10.1. The van der Waals surface area contributed by atoms with Crippen molar-refractivity contribution < 1.29 is 4.79 Å². The van der Waals surface area contributed by atoms with Gasteiger partial charge in [0.15, 0.2) is 0 Å². The van der Waals surface area contributed by atoms with Gasteiger partial charge in [-0.3, -0.25) is 0 Å². The highest BCUT2D eigenvalue weighted by atomic mass is 16.1. The summed E-state index contributed by atoms with van der Waals surface area (Å²) in [7, 11) is 0. The quantitative estimate of drug-likeness (QED) is 0.198. The van der Waals surface area contributed by atoms with Crippen molar-refractivity contribution in [2.24, 2.45) is 0 Å². The average molecular weight is 262 g/mol. The zero-order valence-corrected chi connectivity index (χ0v) is 12.6. The van der Waals surface area contributed by atoms with Gasteiger partial charge >= 0.3 is 0 Å². The van der Waals surface area contributed by atoms with E-state index in [0.717, 1.165) is 38.4 Å². The minimum absolute atomic E-state index is 0.700. The maximum Gasteiger partial charge on any atom is 0.119 e. The molecule has 0 N–H and O–H groups in total. The lowest BCUT2D eigenvalue weighted by molar-refractivity contribution is -0.107. The third kappa shape index (κ3) is 17.0. The molecule has 0 aromatic carbocycles. The zero-order chi connectivity index (χ0) is 14.0. The SMILES string of the molecule is CCCCCCCCC#CC/C=C/CCCCC=O. The molecule has 0 aromatic heterocycles. The van der Waals surface area contributed by atoms with Gasteiger partial charge in [-0.15, -0.1) is 5.92 Å². The molecule has 0 fully saturated rings. The second-order valence-corrected chi connectivity index (χ2v) is 5.00. The molecule has 0 unspecified atom stereocenters. The van der Waals surface area contributed by atoms with Gasteiger partial charge in [-0.25, -0.2) is 0 Å². The Labute approximate surface area is 119 Å². The van der Waals surface area contributed by atoms with Crippen LogP contribution >= 0.6 is 0 Å². The van der Waals surface area contributed by atoms with Crippen molar-refractivity contribution in [3.05, 3.63) is 12.2 Å². The second-order valence-electron chi connectivity index (χ2n) is 5.00. The topological polar surface area (TPSA) is 17.1 Å². The minimum Gasteiger partial charge on any atom is -0.303 e. The lowest BCUT2D eigenvalue weighted by Crippen LogP contribution is -1.77. The molecule has 19 heavy (non-hydrogen) atoms. The van der Waals surface area contributed by atoms with Crippen LogP contribution in [0.25, 0.3) is 0 Å². The van der Waals surface area contributed by atoms with Crippen LogP contribution in [0.15, 0.2) is 12.2 Å². The molecule has 0 saturated carbocycles. The molecular formula is C18H30O. The number of aldehydes is 1. The molecule has 0 atom stereocenters. The molecule has 0 amide bonds. The molecule has 1 nitrogen and oxygen atoms in total. The Morgan fingerprint density at radius 2 is 1.53 bits per heavy atom. The zero-order valence-electron chi connectivity index (χ0n) is 12.6. The number of carbonyl (C=O) groups is 1. The first-order valence-corrected chi connectivity index (χ1v) is 7.96. The summed E-state index contributed by atoms with van der Waals surface area (Å²) in [5.74, 6) is 6.44. The van der Waals surface area contributed by atoms with Crippen LogP contribution in [-0.4, -0.2) is 6.29 Å². The summed E-state index contributed by atoms with van der Waals surface area (Å²) in [6.45, 7) is 2.25. The molecule has 0 aliphatic heterocycles. The Hall–Kier alpha value is -1.03. The monoisotopic (exact) mass is 262 g/mol. The van der Waals surface area contributed by atoms with E-state index in [0.29, 0.717) is 6.42 Å². The fourth-order valence-corrected chi connectivity index (χ4v) is 1.90. The first-order chi connectivity index (χ1) is 9.41. The average Bonchev–Trinajstić information content (AvgIpc) is 2.43. The molecule has 0 radical (unpaired) electrons. The van der Waals surface area contributed by atoms with E-state index in [-0.39, 0.29) is 0 Å². The van der Waals surface area contributed by atoms with Crippen molar-refractivity contribution in [3.8, 4) is 11.8 Å². The largest absolute Gasteiger partial charge is 0.303 e. The van der Waals surface area contributed by atoms with Crippen LogP contribution in [0, 0.1) is 11.8 Å². The summed E-state index contributed by atoms with van der Waals surface area (Å²) in [5.41, 5.74) is 0. The summed E-state index contributed by atoms with van der Waals surface area (Å²) in [6, 6.07) is 0. The number of rotatable bonds is 12. The summed E-state index contributed by atoms with van der Waals surface area (Å²) in [6.07, 6.45) is 19.2. The Kier molecular flexibility index (Phi) is 16.1. The maximum absolute atomic E-state index is 10.1. The van der Waals surface area contributed by atoms with Crippen molar-refractivity contribution in [2.45, 2.75) is 84.0 Å². The lowest BCUT2D eigenvalue weighted by atomic mass is 10.1. The highest BCUT2D eigenvalue weighted by Gasteiger charge is 1.87. The van der Waals surface area contributed by atoms with Gasteiger partial charge in [0.05, 0.1) is 0 Å². The Bertz CT molecular complexity index is 267. The summed E-state index contributed by atoms with van der Waals surface area (Å²) >= 11 is 0. The van der Waals surface area contributed by atoms with E-state index in [2.05, 4.69) is 30.9 Å². The van der Waals surface area contributed by atoms with E-state index in [1.807, 2.05) is 0 Å². The van der Waals surface area contributed by atoms with Crippen molar-refractivity contribution in [1.29, 1.82) is 0 Å². The molecule has 0 spiro atoms. The van der Waals surface area contributed by atoms with Crippen molar-refractivity contribution in [3.63, 3.8) is 0 Å². The fourth-order valence-electron chi connectivity index (χ4n) is 1.90. The molecule has 0 aliphatic rings. The lowest BCUT2D eigenvalue weighted by Gasteiger charge is -1.96. The summed E-state index contributed by atoms with van der Waals surface area (Å²) < 4.78 is 0. The van der Waals surface area contributed by atoms with Crippen LogP contribution in [0.3, 0.4) is 0 Å². The van der Waals surface area contributed by atoms with Crippen molar-refractivity contribution in [1.82, 2.24) is 0 Å². The van der Waals surface area contributed by atoms with Crippen LogP contribution in [0.4, 0.5) is 0 Å². The molecule has 0 heterocycles. The van der Waals surface area contributed by atoms with Crippen molar-refractivity contribution in [2.75, 3.05) is 0 Å². The van der Waals surface area contributed by atoms with E-state index in [1.165, 1.54) is 38.5 Å². The standard InChI is InChI=1S/C18H30O/c1-2-3-4-5-6-7-8-9-10-11-12-13-14-15-16-17-18-19/h12-13,18H,2-8,11,14-17H2,1H3/b13-12+. The number of unbranched alkanes of at least 4 members (excludes halogenated alkanes) is 9. The molecule has 0 rings (SSSR count). The minimum atomic E-state index is 0.700. The second kappa shape index (κ2) is 17.0. The Balaban J connectivity index is 3.21. The predicted molar refractivity (Wildman–Crippen MR) is 84.1 cm³/mol. The first-order valence-electron chi connectivity index (χ1n) is 7.96. The van der Waals surface area contributed by atoms with Crippen molar-refractivity contribution >= 4 is 6.29 Å². The van der Waals surface area contributed by atoms with Gasteiger partial charge in [-0.1, -0.05) is 57.1 Å². The Morgan fingerprint density at radius 1 is 0.789 bits per heavy atom. The van der Waals surface area contributed by atoms with Gasteiger partial charge in [0.25, 0.3) is 0 Å². The van der Waals surface area contributed by atoms with E-state index < -0.39 is 0 Å². The van der Waals surface area contributed by atoms with Crippen LogP contribution in [-0.2, 0) is 4.79 Å². The maximum atomic E-state index is 10.1. The highest BCUT2D eigenvalue weighted by molar-refractivity contribution is 5.48. The van der Waals surface area contributed by atoms with Gasteiger partial charge in [0.1, 0.15) is 6.29 Å². The van der Waals surface area contributed by atoms with Crippen LogP contribution in [0.5, 0.6) is 0 Å². The van der Waals surface area contributed by atoms with E-state index in [1.54, 1.807) is 0 Å². The van der Waals surface area contributed by atoms with Crippen LogP contribution in [0.2, 0.25) is 0 Å². The molecule has 108 valence electrons. The fraction of sp³-hybridized carbons (Fsp3) is 0.722. The first kappa shape index (κ1) is 18.0. The van der Waals surface area contributed by atoms with Gasteiger partial charge in [-0.2, -0.15) is 0 Å². The number of hydrogen-bond acceptors (Lipinski definition) is 1. The highest BCUT2D eigenvalue weighted by Crippen LogP contribution is 2.06. The molecule has 0 bridgehead atoms. The smallest absolute Gasteiger partial charge is 0.119 e.